The Hall–Kier alpha value is -1.80. The number of halogens is 5. The van der Waals surface area contributed by atoms with E-state index in [1.54, 1.807) is 6.92 Å². The maximum atomic E-state index is 13.4. The highest BCUT2D eigenvalue weighted by Gasteiger charge is 2.48. The van der Waals surface area contributed by atoms with E-state index in [2.05, 4.69) is 0 Å². The molecule has 0 radical (unpaired) electrons. The van der Waals surface area contributed by atoms with Gasteiger partial charge in [0.1, 0.15) is 17.3 Å². The van der Waals surface area contributed by atoms with Gasteiger partial charge in [-0.15, -0.1) is 0 Å². The monoisotopic (exact) mass is 382 g/mol. The Labute approximate surface area is 140 Å². The van der Waals surface area contributed by atoms with Crippen LogP contribution in [-0.4, -0.2) is 13.9 Å². The summed E-state index contributed by atoms with van der Waals surface area (Å²) in [7, 11) is -5.58. The molecule has 0 fully saturated rings. The maximum absolute atomic E-state index is 13.4. The van der Waals surface area contributed by atoms with Crippen LogP contribution in [0.3, 0.4) is 0 Å². The van der Waals surface area contributed by atoms with Crippen molar-refractivity contribution >= 4 is 21.4 Å². The second kappa shape index (κ2) is 6.25. The van der Waals surface area contributed by atoms with E-state index in [0.29, 0.717) is 11.6 Å². The SMILES string of the molecule is Cc1cc(F)cc(Oc2ccc(S(=O)(=O)C(F)(F)F)c(Cl)c2C)c1. The Balaban J connectivity index is 2.48. The molecule has 0 aliphatic rings. The van der Waals surface area contributed by atoms with Crippen molar-refractivity contribution in [3.63, 3.8) is 0 Å². The molecule has 0 bridgehead atoms. The molecule has 24 heavy (non-hydrogen) atoms. The molecule has 0 unspecified atom stereocenters. The van der Waals surface area contributed by atoms with Crippen LogP contribution in [0.1, 0.15) is 11.1 Å². The van der Waals surface area contributed by atoms with Crippen LogP contribution in [0, 0.1) is 19.7 Å². The average molecular weight is 383 g/mol. The number of ether oxygens (including phenoxy) is 1. The Morgan fingerprint density at radius 2 is 1.71 bits per heavy atom. The molecular weight excluding hydrogens is 372 g/mol. The maximum Gasteiger partial charge on any atom is 0.501 e. The van der Waals surface area contributed by atoms with Crippen LogP contribution in [-0.2, 0) is 9.84 Å². The van der Waals surface area contributed by atoms with Crippen molar-refractivity contribution in [3.05, 3.63) is 52.3 Å². The summed E-state index contributed by atoms with van der Waals surface area (Å²) in [5.74, 6) is -0.422. The summed E-state index contributed by atoms with van der Waals surface area (Å²) in [6.07, 6.45) is 0. The summed E-state index contributed by atoms with van der Waals surface area (Å²) in [6.45, 7) is 2.94. The Morgan fingerprint density at radius 3 is 2.25 bits per heavy atom. The van der Waals surface area contributed by atoms with Gasteiger partial charge < -0.3 is 4.74 Å². The molecule has 9 heteroatoms. The zero-order valence-electron chi connectivity index (χ0n) is 12.4. The summed E-state index contributed by atoms with van der Waals surface area (Å²) in [5.41, 5.74) is -4.90. The third-order valence-electron chi connectivity index (χ3n) is 3.14. The van der Waals surface area contributed by atoms with Crippen molar-refractivity contribution in [3.8, 4) is 11.5 Å². The van der Waals surface area contributed by atoms with Crippen LogP contribution in [0.4, 0.5) is 17.6 Å². The predicted molar refractivity (Wildman–Crippen MR) is 80.6 cm³/mol. The highest BCUT2D eigenvalue weighted by Crippen LogP contribution is 2.39. The smallest absolute Gasteiger partial charge is 0.457 e. The normalized spacial score (nSPS) is 12.3. The van der Waals surface area contributed by atoms with Crippen LogP contribution >= 0.6 is 11.6 Å². The predicted octanol–water partition coefficient (Wildman–Crippen LogP) is 5.18. The standard InChI is InChI=1S/C15H11ClF4O3S/c1-8-5-10(17)7-11(6-8)23-12-3-4-13(14(16)9(12)2)24(21,22)15(18,19)20/h3-7H,1-2H3. The van der Waals surface area contributed by atoms with Gasteiger partial charge in [0.05, 0.1) is 9.92 Å². The Kier molecular flexibility index (Phi) is 4.83. The number of benzene rings is 2. The van der Waals surface area contributed by atoms with Crippen molar-refractivity contribution in [1.82, 2.24) is 0 Å². The molecule has 0 aliphatic heterocycles. The Bertz CT molecular complexity index is 872. The molecule has 2 aromatic rings. The second-order valence-corrected chi connectivity index (χ2v) is 7.30. The first kappa shape index (κ1) is 18.5. The first-order chi connectivity index (χ1) is 10.9. The molecule has 3 nitrogen and oxygen atoms in total. The van der Waals surface area contributed by atoms with E-state index < -0.39 is 31.1 Å². The van der Waals surface area contributed by atoms with Crippen molar-refractivity contribution < 1.29 is 30.7 Å². The minimum Gasteiger partial charge on any atom is -0.457 e. The molecule has 0 amide bonds. The fraction of sp³-hybridized carbons (Fsp3) is 0.200. The van der Waals surface area contributed by atoms with Gasteiger partial charge in [0.15, 0.2) is 0 Å². The summed E-state index contributed by atoms with van der Waals surface area (Å²) in [4.78, 5) is -1.06. The van der Waals surface area contributed by atoms with Gasteiger partial charge in [-0.1, -0.05) is 11.6 Å². The van der Waals surface area contributed by atoms with Crippen LogP contribution in [0.5, 0.6) is 11.5 Å². The molecule has 0 heterocycles. The first-order valence-corrected chi connectivity index (χ1v) is 8.35. The third-order valence-corrected chi connectivity index (χ3v) is 5.27. The molecule has 0 atom stereocenters. The highest BCUT2D eigenvalue weighted by atomic mass is 35.5. The van der Waals surface area contributed by atoms with Crippen molar-refractivity contribution in [2.45, 2.75) is 24.3 Å². The summed E-state index contributed by atoms with van der Waals surface area (Å²) >= 11 is 5.78. The summed E-state index contributed by atoms with van der Waals surface area (Å²) in [5, 5.41) is -0.599. The summed E-state index contributed by atoms with van der Waals surface area (Å²) in [6, 6.07) is 5.61. The van der Waals surface area contributed by atoms with Gasteiger partial charge in [0, 0.05) is 11.6 Å². The molecular formula is C15H11ClF4O3S. The number of alkyl halides is 3. The first-order valence-electron chi connectivity index (χ1n) is 6.49. The number of hydrogen-bond donors (Lipinski definition) is 0. The van der Waals surface area contributed by atoms with Crippen LogP contribution in [0.2, 0.25) is 5.02 Å². The molecule has 0 aromatic heterocycles. The molecule has 0 saturated heterocycles. The van der Waals surface area contributed by atoms with Crippen molar-refractivity contribution in [2.75, 3.05) is 0 Å². The zero-order valence-corrected chi connectivity index (χ0v) is 14.0. The molecule has 0 aliphatic carbocycles. The number of sulfone groups is 1. The van der Waals surface area contributed by atoms with Gasteiger partial charge in [0.25, 0.3) is 9.84 Å². The quantitative estimate of drug-likeness (QED) is 0.687. The van der Waals surface area contributed by atoms with E-state index in [9.17, 15) is 26.0 Å². The van der Waals surface area contributed by atoms with Gasteiger partial charge >= 0.3 is 5.51 Å². The minimum absolute atomic E-state index is 0.0103. The number of aryl methyl sites for hydroxylation is 1. The van der Waals surface area contributed by atoms with E-state index in [1.807, 2.05) is 0 Å². The molecule has 0 spiro atoms. The fourth-order valence-electron chi connectivity index (χ4n) is 1.97. The fourth-order valence-corrected chi connectivity index (χ4v) is 3.32. The van der Waals surface area contributed by atoms with Crippen LogP contribution in [0.25, 0.3) is 0 Å². The minimum atomic E-state index is -5.58. The van der Waals surface area contributed by atoms with Gasteiger partial charge in [-0.05, 0) is 43.7 Å². The summed E-state index contributed by atoms with van der Waals surface area (Å²) < 4.78 is 79.7. The van der Waals surface area contributed by atoms with Gasteiger partial charge in [0.2, 0.25) is 0 Å². The molecule has 0 N–H and O–H groups in total. The third kappa shape index (κ3) is 3.49. The van der Waals surface area contributed by atoms with Crippen LogP contribution in [0.15, 0.2) is 35.2 Å². The van der Waals surface area contributed by atoms with E-state index in [4.69, 9.17) is 16.3 Å². The molecule has 0 saturated carbocycles. The van der Waals surface area contributed by atoms with Gasteiger partial charge in [-0.2, -0.15) is 13.2 Å². The average Bonchev–Trinajstić information content (AvgIpc) is 2.41. The van der Waals surface area contributed by atoms with Gasteiger partial charge in [-0.3, -0.25) is 0 Å². The highest BCUT2D eigenvalue weighted by molar-refractivity contribution is 7.92. The zero-order chi connectivity index (χ0) is 18.3. The molecule has 2 rings (SSSR count). The second-order valence-electron chi connectivity index (χ2n) is 5.02. The number of rotatable bonds is 3. The van der Waals surface area contributed by atoms with E-state index in [1.165, 1.54) is 19.1 Å². The lowest BCUT2D eigenvalue weighted by molar-refractivity contribution is -0.0436. The van der Waals surface area contributed by atoms with Crippen molar-refractivity contribution in [1.29, 1.82) is 0 Å². The van der Waals surface area contributed by atoms with Gasteiger partial charge in [-0.25, -0.2) is 12.8 Å². The van der Waals surface area contributed by atoms with Crippen molar-refractivity contribution in [2.24, 2.45) is 0 Å². The largest absolute Gasteiger partial charge is 0.501 e. The lowest BCUT2D eigenvalue weighted by Gasteiger charge is -2.15. The number of hydrogen-bond acceptors (Lipinski definition) is 3. The topological polar surface area (TPSA) is 43.4 Å². The van der Waals surface area contributed by atoms with E-state index in [-0.39, 0.29) is 17.1 Å². The van der Waals surface area contributed by atoms with E-state index >= 15 is 0 Å². The molecule has 2 aromatic carbocycles. The lowest BCUT2D eigenvalue weighted by atomic mass is 10.2. The van der Waals surface area contributed by atoms with Crippen LogP contribution < -0.4 is 4.74 Å². The Morgan fingerprint density at radius 1 is 1.08 bits per heavy atom. The molecule has 130 valence electrons. The lowest BCUT2D eigenvalue weighted by Crippen LogP contribution is -2.23. The van der Waals surface area contributed by atoms with E-state index in [0.717, 1.165) is 12.1 Å².